The standard InChI is InChI=1S/C22H18N4O2/c1-14(2)28-17-8-9-18(20(27)10-17)21-19(15-6-4-3-5-7-15)13-24-22-16(11-23)12-25-26(21)22/h3-10,12-14,27H,1-2H3. The summed E-state index contributed by atoms with van der Waals surface area (Å²) in [6.45, 7) is 3.86. The normalized spacial score (nSPS) is 10.9. The number of aromatic hydroxyl groups is 1. The van der Waals surface area contributed by atoms with Crippen LogP contribution in [0.3, 0.4) is 0 Å². The van der Waals surface area contributed by atoms with Gasteiger partial charge in [0.1, 0.15) is 23.1 Å². The Labute approximate surface area is 162 Å². The zero-order valence-corrected chi connectivity index (χ0v) is 15.5. The average molecular weight is 370 g/mol. The van der Waals surface area contributed by atoms with Crippen molar-refractivity contribution in [3.8, 4) is 40.0 Å². The molecule has 2 aromatic heterocycles. The highest BCUT2D eigenvalue weighted by Gasteiger charge is 2.19. The van der Waals surface area contributed by atoms with Gasteiger partial charge in [0.2, 0.25) is 0 Å². The minimum absolute atomic E-state index is 0.00191. The molecule has 0 saturated carbocycles. The molecule has 0 aliphatic rings. The molecule has 0 unspecified atom stereocenters. The van der Waals surface area contributed by atoms with Gasteiger partial charge in [0.25, 0.3) is 0 Å². The number of hydrogen-bond donors (Lipinski definition) is 1. The van der Waals surface area contributed by atoms with Crippen LogP contribution in [0.15, 0.2) is 60.9 Å². The highest BCUT2D eigenvalue weighted by atomic mass is 16.5. The van der Waals surface area contributed by atoms with Gasteiger partial charge in [-0.1, -0.05) is 30.3 Å². The number of rotatable bonds is 4. The minimum Gasteiger partial charge on any atom is -0.507 e. The predicted molar refractivity (Wildman–Crippen MR) is 106 cm³/mol. The number of nitrogens with zero attached hydrogens (tertiary/aromatic N) is 4. The van der Waals surface area contributed by atoms with Gasteiger partial charge in [0.15, 0.2) is 5.65 Å². The molecule has 0 saturated heterocycles. The third-order valence-corrected chi connectivity index (χ3v) is 4.33. The van der Waals surface area contributed by atoms with E-state index in [1.54, 1.807) is 22.8 Å². The van der Waals surface area contributed by atoms with Crippen molar-refractivity contribution in [3.63, 3.8) is 0 Å². The molecular formula is C22H18N4O2. The number of benzene rings is 2. The van der Waals surface area contributed by atoms with Crippen LogP contribution < -0.4 is 4.74 Å². The maximum atomic E-state index is 10.7. The van der Waals surface area contributed by atoms with Crippen molar-refractivity contribution in [3.05, 3.63) is 66.5 Å². The van der Waals surface area contributed by atoms with Gasteiger partial charge >= 0.3 is 0 Å². The van der Waals surface area contributed by atoms with Crippen LogP contribution in [0.25, 0.3) is 28.0 Å². The van der Waals surface area contributed by atoms with Crippen LogP contribution in [0.1, 0.15) is 19.4 Å². The molecule has 6 nitrogen and oxygen atoms in total. The van der Waals surface area contributed by atoms with E-state index in [1.807, 2.05) is 50.2 Å². The summed E-state index contributed by atoms with van der Waals surface area (Å²) >= 11 is 0. The van der Waals surface area contributed by atoms with E-state index in [2.05, 4.69) is 16.2 Å². The quantitative estimate of drug-likeness (QED) is 0.575. The Balaban J connectivity index is 1.99. The third kappa shape index (κ3) is 3.03. The Bertz CT molecular complexity index is 1190. The van der Waals surface area contributed by atoms with Crippen molar-refractivity contribution in [1.82, 2.24) is 14.6 Å². The molecule has 0 amide bonds. The first kappa shape index (κ1) is 17.6. The zero-order chi connectivity index (χ0) is 19.7. The number of phenolic OH excluding ortho intramolecular Hbond substituents is 1. The van der Waals surface area contributed by atoms with Gasteiger partial charge in [-0.2, -0.15) is 10.4 Å². The van der Waals surface area contributed by atoms with Crippen LogP contribution in [0.5, 0.6) is 11.5 Å². The lowest BCUT2D eigenvalue weighted by Gasteiger charge is -2.15. The monoisotopic (exact) mass is 370 g/mol. The predicted octanol–water partition coefficient (Wildman–Crippen LogP) is 4.43. The SMILES string of the molecule is CC(C)Oc1ccc(-c2c(-c3ccccc3)cnc3c(C#N)cnn23)c(O)c1. The van der Waals surface area contributed by atoms with Crippen LogP contribution in [0.4, 0.5) is 0 Å². The van der Waals surface area contributed by atoms with Crippen LogP contribution in [0, 0.1) is 11.3 Å². The second kappa shape index (κ2) is 7.05. The molecule has 2 aromatic carbocycles. The maximum Gasteiger partial charge on any atom is 0.173 e. The van der Waals surface area contributed by atoms with E-state index in [1.165, 1.54) is 6.20 Å². The molecule has 0 fully saturated rings. The van der Waals surface area contributed by atoms with Gasteiger partial charge in [0.05, 0.1) is 18.0 Å². The smallest absolute Gasteiger partial charge is 0.173 e. The molecule has 0 spiro atoms. The number of ether oxygens (including phenoxy) is 1. The summed E-state index contributed by atoms with van der Waals surface area (Å²) in [6, 6.07) is 17.0. The Morgan fingerprint density at radius 3 is 2.54 bits per heavy atom. The van der Waals surface area contributed by atoms with E-state index in [9.17, 15) is 10.4 Å². The summed E-state index contributed by atoms with van der Waals surface area (Å²) in [5.41, 5.74) is 3.79. The zero-order valence-electron chi connectivity index (χ0n) is 15.5. The molecule has 28 heavy (non-hydrogen) atoms. The Hall–Kier alpha value is -3.85. The van der Waals surface area contributed by atoms with E-state index < -0.39 is 0 Å². The molecule has 6 heteroatoms. The largest absolute Gasteiger partial charge is 0.507 e. The number of aromatic nitrogens is 3. The van der Waals surface area contributed by atoms with Crippen molar-refractivity contribution in [1.29, 1.82) is 5.26 Å². The van der Waals surface area contributed by atoms with Gasteiger partial charge in [-0.15, -0.1) is 0 Å². The number of nitriles is 1. The highest BCUT2D eigenvalue weighted by molar-refractivity contribution is 5.85. The molecular weight excluding hydrogens is 352 g/mol. The molecule has 0 atom stereocenters. The van der Waals surface area contributed by atoms with Crippen molar-refractivity contribution in [2.75, 3.05) is 0 Å². The molecule has 2 heterocycles. The fraction of sp³-hybridized carbons (Fsp3) is 0.136. The second-order valence-electron chi connectivity index (χ2n) is 6.64. The van der Waals surface area contributed by atoms with Crippen LogP contribution in [0.2, 0.25) is 0 Å². The Kier molecular flexibility index (Phi) is 4.42. The summed E-state index contributed by atoms with van der Waals surface area (Å²) < 4.78 is 7.27. The van der Waals surface area contributed by atoms with E-state index in [0.29, 0.717) is 28.2 Å². The van der Waals surface area contributed by atoms with Crippen molar-refractivity contribution >= 4 is 5.65 Å². The average Bonchev–Trinajstić information content (AvgIpc) is 3.11. The van der Waals surface area contributed by atoms with Gasteiger partial charge < -0.3 is 9.84 Å². The van der Waals surface area contributed by atoms with Crippen molar-refractivity contribution < 1.29 is 9.84 Å². The van der Waals surface area contributed by atoms with Crippen molar-refractivity contribution in [2.24, 2.45) is 0 Å². The molecule has 4 rings (SSSR count). The molecule has 0 bridgehead atoms. The molecule has 0 aliphatic carbocycles. The number of hydrogen-bond acceptors (Lipinski definition) is 5. The summed E-state index contributed by atoms with van der Waals surface area (Å²) in [5, 5.41) is 24.4. The minimum atomic E-state index is 0.00191. The first-order chi connectivity index (χ1) is 13.6. The molecule has 0 aliphatic heterocycles. The molecule has 1 N–H and O–H groups in total. The molecule has 138 valence electrons. The topological polar surface area (TPSA) is 83.4 Å². The Morgan fingerprint density at radius 1 is 1.07 bits per heavy atom. The lowest BCUT2D eigenvalue weighted by Crippen LogP contribution is -2.05. The first-order valence-electron chi connectivity index (χ1n) is 8.91. The van der Waals surface area contributed by atoms with E-state index >= 15 is 0 Å². The van der Waals surface area contributed by atoms with Gasteiger partial charge in [0, 0.05) is 23.4 Å². The molecule has 4 aromatic rings. The summed E-state index contributed by atoms with van der Waals surface area (Å²) in [4.78, 5) is 4.43. The number of fused-ring (bicyclic) bond motifs is 1. The fourth-order valence-electron chi connectivity index (χ4n) is 3.15. The molecule has 0 radical (unpaired) electrons. The van der Waals surface area contributed by atoms with Crippen LogP contribution >= 0.6 is 0 Å². The van der Waals surface area contributed by atoms with E-state index in [0.717, 1.165) is 11.1 Å². The van der Waals surface area contributed by atoms with E-state index in [4.69, 9.17) is 4.74 Å². The lowest BCUT2D eigenvalue weighted by atomic mass is 10.00. The van der Waals surface area contributed by atoms with Crippen LogP contribution in [-0.2, 0) is 0 Å². The van der Waals surface area contributed by atoms with Gasteiger partial charge in [-0.3, -0.25) is 0 Å². The van der Waals surface area contributed by atoms with Gasteiger partial charge in [-0.25, -0.2) is 9.50 Å². The maximum absolute atomic E-state index is 10.7. The summed E-state index contributed by atoms with van der Waals surface area (Å²) in [5.74, 6) is 0.651. The summed E-state index contributed by atoms with van der Waals surface area (Å²) in [7, 11) is 0. The second-order valence-corrected chi connectivity index (χ2v) is 6.64. The Morgan fingerprint density at radius 2 is 1.86 bits per heavy atom. The fourth-order valence-corrected chi connectivity index (χ4v) is 3.15. The van der Waals surface area contributed by atoms with Crippen molar-refractivity contribution in [2.45, 2.75) is 20.0 Å². The van der Waals surface area contributed by atoms with E-state index in [-0.39, 0.29) is 11.9 Å². The number of phenols is 1. The first-order valence-corrected chi connectivity index (χ1v) is 8.91. The van der Waals surface area contributed by atoms with Crippen LogP contribution in [-0.4, -0.2) is 25.8 Å². The summed E-state index contributed by atoms with van der Waals surface area (Å²) in [6.07, 6.45) is 3.19. The lowest BCUT2D eigenvalue weighted by molar-refractivity contribution is 0.241. The third-order valence-electron chi connectivity index (χ3n) is 4.33. The van der Waals surface area contributed by atoms with Gasteiger partial charge in [-0.05, 0) is 31.5 Å². The highest BCUT2D eigenvalue weighted by Crippen LogP contribution is 2.38.